The second-order valence-corrected chi connectivity index (χ2v) is 4.64. The van der Waals surface area contributed by atoms with Crippen LogP contribution in [0.3, 0.4) is 0 Å². The van der Waals surface area contributed by atoms with E-state index in [1.807, 2.05) is 42.5 Å². The van der Waals surface area contributed by atoms with Crippen molar-refractivity contribution in [3.8, 4) is 0 Å². The van der Waals surface area contributed by atoms with Crippen LogP contribution in [0.15, 0.2) is 42.5 Å². The number of carbonyl (C=O) groups is 1. The number of carbonyl (C=O) groups excluding carboxylic acids is 1. The van der Waals surface area contributed by atoms with E-state index in [0.717, 1.165) is 16.3 Å². The van der Waals surface area contributed by atoms with Gasteiger partial charge < -0.3 is 14.2 Å². The Morgan fingerprint density at radius 2 is 1.71 bits per heavy atom. The molecule has 0 radical (unpaired) electrons. The number of hydrogen-bond acceptors (Lipinski definition) is 4. The fourth-order valence-electron chi connectivity index (χ4n) is 2.11. The predicted octanol–water partition coefficient (Wildman–Crippen LogP) is 2.59. The van der Waals surface area contributed by atoms with E-state index in [1.54, 1.807) is 7.11 Å². The van der Waals surface area contributed by atoms with Gasteiger partial charge in [0.25, 0.3) is 0 Å². The van der Waals surface area contributed by atoms with Crippen molar-refractivity contribution < 1.29 is 19.0 Å². The van der Waals surface area contributed by atoms with E-state index in [9.17, 15) is 4.79 Å². The molecular formula is C17H20O4. The van der Waals surface area contributed by atoms with Gasteiger partial charge in [0, 0.05) is 7.11 Å². The normalized spacial score (nSPS) is 10.7. The Morgan fingerprint density at radius 3 is 2.57 bits per heavy atom. The molecule has 2 aromatic rings. The molecule has 2 aromatic carbocycles. The molecular weight excluding hydrogens is 268 g/mol. The van der Waals surface area contributed by atoms with Gasteiger partial charge in [0.1, 0.15) is 6.61 Å². The summed E-state index contributed by atoms with van der Waals surface area (Å²) in [6.45, 7) is 1.72. The first-order valence-corrected chi connectivity index (χ1v) is 7.00. The molecule has 0 fully saturated rings. The summed E-state index contributed by atoms with van der Waals surface area (Å²) in [5.74, 6) is -0.235. The van der Waals surface area contributed by atoms with Crippen LogP contribution >= 0.6 is 0 Å². The minimum absolute atomic E-state index is 0.235. The molecule has 4 nitrogen and oxygen atoms in total. The molecule has 0 unspecified atom stereocenters. The molecule has 0 bridgehead atoms. The van der Waals surface area contributed by atoms with Crippen LogP contribution in [-0.4, -0.2) is 39.5 Å². The van der Waals surface area contributed by atoms with Crippen molar-refractivity contribution in [1.82, 2.24) is 0 Å². The first-order valence-electron chi connectivity index (χ1n) is 7.00. The Hall–Kier alpha value is -1.91. The van der Waals surface area contributed by atoms with Gasteiger partial charge in [0.05, 0.1) is 26.2 Å². The minimum atomic E-state index is -0.235. The molecule has 0 aliphatic rings. The fraction of sp³-hybridized carbons (Fsp3) is 0.353. The highest BCUT2D eigenvalue weighted by atomic mass is 16.6. The molecule has 112 valence electrons. The summed E-state index contributed by atoms with van der Waals surface area (Å²) in [5, 5.41) is 2.22. The van der Waals surface area contributed by atoms with Gasteiger partial charge in [-0.15, -0.1) is 0 Å². The highest BCUT2D eigenvalue weighted by Crippen LogP contribution is 2.19. The van der Waals surface area contributed by atoms with Crippen LogP contribution in [-0.2, 0) is 25.4 Å². The van der Waals surface area contributed by atoms with Gasteiger partial charge in [-0.2, -0.15) is 0 Å². The topological polar surface area (TPSA) is 44.8 Å². The smallest absolute Gasteiger partial charge is 0.310 e. The highest BCUT2D eigenvalue weighted by molar-refractivity contribution is 5.88. The summed E-state index contributed by atoms with van der Waals surface area (Å²) in [6, 6.07) is 14.0. The fourth-order valence-corrected chi connectivity index (χ4v) is 2.11. The second kappa shape index (κ2) is 8.39. The van der Waals surface area contributed by atoms with Crippen LogP contribution in [0, 0.1) is 0 Å². The third kappa shape index (κ3) is 4.85. The quantitative estimate of drug-likeness (QED) is 0.553. The average Bonchev–Trinajstić information content (AvgIpc) is 2.51. The molecule has 0 saturated carbocycles. The molecule has 0 aliphatic carbocycles. The molecule has 0 amide bonds. The third-order valence-corrected chi connectivity index (χ3v) is 3.14. The zero-order chi connectivity index (χ0) is 14.9. The number of fused-ring (bicyclic) bond motifs is 1. The number of esters is 1. The maximum atomic E-state index is 11.8. The van der Waals surface area contributed by atoms with E-state index < -0.39 is 0 Å². The van der Waals surface area contributed by atoms with Gasteiger partial charge in [-0.3, -0.25) is 4.79 Å². The van der Waals surface area contributed by atoms with Gasteiger partial charge in [-0.1, -0.05) is 42.5 Å². The maximum absolute atomic E-state index is 11.8. The van der Waals surface area contributed by atoms with Crippen molar-refractivity contribution >= 4 is 16.7 Å². The van der Waals surface area contributed by atoms with Crippen molar-refractivity contribution in [3.05, 3.63) is 48.0 Å². The Labute approximate surface area is 124 Å². The lowest BCUT2D eigenvalue weighted by molar-refractivity contribution is -0.144. The molecule has 0 atom stereocenters. The molecule has 4 heteroatoms. The molecule has 0 heterocycles. The number of methoxy groups -OCH3 is 1. The lowest BCUT2D eigenvalue weighted by atomic mass is 10.0. The molecule has 21 heavy (non-hydrogen) atoms. The highest BCUT2D eigenvalue weighted by Gasteiger charge is 2.07. The largest absolute Gasteiger partial charge is 0.463 e. The first-order chi connectivity index (χ1) is 10.3. The lowest BCUT2D eigenvalue weighted by Crippen LogP contribution is -2.14. The van der Waals surface area contributed by atoms with E-state index in [1.165, 1.54) is 0 Å². The Balaban J connectivity index is 1.82. The second-order valence-electron chi connectivity index (χ2n) is 4.64. The Bertz CT molecular complexity index is 575. The predicted molar refractivity (Wildman–Crippen MR) is 81.3 cm³/mol. The van der Waals surface area contributed by atoms with E-state index >= 15 is 0 Å². The number of ether oxygens (including phenoxy) is 3. The zero-order valence-corrected chi connectivity index (χ0v) is 12.2. The van der Waals surface area contributed by atoms with Gasteiger partial charge in [-0.25, -0.2) is 0 Å². The lowest BCUT2D eigenvalue weighted by Gasteiger charge is -2.08. The summed E-state index contributed by atoms with van der Waals surface area (Å²) in [7, 11) is 1.62. The van der Waals surface area contributed by atoms with Crippen LogP contribution in [0.5, 0.6) is 0 Å². The molecule has 0 aromatic heterocycles. The number of rotatable bonds is 8. The third-order valence-electron chi connectivity index (χ3n) is 3.14. The van der Waals surface area contributed by atoms with Crippen molar-refractivity contribution in [2.24, 2.45) is 0 Å². The SMILES string of the molecule is COCCOCCOC(=O)Cc1cccc2ccccc12. The van der Waals surface area contributed by atoms with Crippen molar-refractivity contribution in [2.75, 3.05) is 33.5 Å². The van der Waals surface area contributed by atoms with Gasteiger partial charge in [0.15, 0.2) is 0 Å². The van der Waals surface area contributed by atoms with Crippen LogP contribution in [0.4, 0.5) is 0 Å². The summed E-state index contributed by atoms with van der Waals surface area (Å²) in [4.78, 5) is 11.8. The first kappa shape index (κ1) is 15.5. The summed E-state index contributed by atoms with van der Waals surface area (Å²) < 4.78 is 15.3. The molecule has 0 aliphatic heterocycles. The van der Waals surface area contributed by atoms with Crippen LogP contribution in [0.2, 0.25) is 0 Å². The van der Waals surface area contributed by atoms with Gasteiger partial charge >= 0.3 is 5.97 Å². The standard InChI is InChI=1S/C17H20O4/c1-19-9-10-20-11-12-21-17(18)13-15-7-4-6-14-5-2-3-8-16(14)15/h2-8H,9-13H2,1H3. The molecule has 0 saturated heterocycles. The van der Waals surface area contributed by atoms with Crippen molar-refractivity contribution in [2.45, 2.75) is 6.42 Å². The summed E-state index contributed by atoms with van der Waals surface area (Å²) in [6.07, 6.45) is 0.277. The minimum Gasteiger partial charge on any atom is -0.463 e. The zero-order valence-electron chi connectivity index (χ0n) is 12.2. The van der Waals surface area contributed by atoms with Crippen LogP contribution in [0.25, 0.3) is 10.8 Å². The molecule has 2 rings (SSSR count). The van der Waals surface area contributed by atoms with Gasteiger partial charge in [0.2, 0.25) is 0 Å². The monoisotopic (exact) mass is 288 g/mol. The van der Waals surface area contributed by atoms with E-state index in [-0.39, 0.29) is 19.0 Å². The van der Waals surface area contributed by atoms with Gasteiger partial charge in [-0.05, 0) is 16.3 Å². The van der Waals surface area contributed by atoms with Crippen molar-refractivity contribution in [3.63, 3.8) is 0 Å². The van der Waals surface area contributed by atoms with E-state index in [2.05, 4.69) is 0 Å². The molecule has 0 spiro atoms. The molecule has 0 N–H and O–H groups in total. The Morgan fingerprint density at radius 1 is 0.952 bits per heavy atom. The average molecular weight is 288 g/mol. The van der Waals surface area contributed by atoms with Crippen molar-refractivity contribution in [1.29, 1.82) is 0 Å². The van der Waals surface area contributed by atoms with E-state index in [4.69, 9.17) is 14.2 Å². The van der Waals surface area contributed by atoms with E-state index in [0.29, 0.717) is 19.8 Å². The van der Waals surface area contributed by atoms with Crippen LogP contribution < -0.4 is 0 Å². The Kier molecular flexibility index (Phi) is 6.19. The van der Waals surface area contributed by atoms with Crippen LogP contribution in [0.1, 0.15) is 5.56 Å². The summed E-state index contributed by atoms with van der Waals surface area (Å²) >= 11 is 0. The number of hydrogen-bond donors (Lipinski definition) is 0. The maximum Gasteiger partial charge on any atom is 0.310 e. The number of benzene rings is 2. The summed E-state index contributed by atoms with van der Waals surface area (Å²) in [5.41, 5.74) is 0.985.